The van der Waals surface area contributed by atoms with Crippen molar-refractivity contribution in [1.82, 2.24) is 0 Å². The Morgan fingerprint density at radius 1 is 1.60 bits per heavy atom. The Kier molecular flexibility index (Phi) is 16.2. The molecule has 0 saturated heterocycles. The van der Waals surface area contributed by atoms with E-state index in [-0.39, 0.29) is 12.4 Å². The minimum Gasteiger partial charge on any atom is -0.179 e. The SMILES string of the molecule is CCCS.Cl. The number of rotatable bonds is 1. The summed E-state index contributed by atoms with van der Waals surface area (Å²) in [4.78, 5) is 0. The highest BCUT2D eigenvalue weighted by Crippen LogP contribution is 1.74. The fourth-order valence-corrected chi connectivity index (χ4v) is 0. The van der Waals surface area contributed by atoms with E-state index in [1.54, 1.807) is 0 Å². The van der Waals surface area contributed by atoms with Crippen molar-refractivity contribution in [3.05, 3.63) is 0 Å². The van der Waals surface area contributed by atoms with Gasteiger partial charge in [-0.1, -0.05) is 6.92 Å². The molecule has 0 aliphatic heterocycles. The molecule has 5 heavy (non-hydrogen) atoms. The molecule has 2 heteroatoms. The average Bonchev–Trinajstić information content (AvgIpc) is 1.37. The quantitative estimate of drug-likeness (QED) is 0.491. The summed E-state index contributed by atoms with van der Waals surface area (Å²) in [5.41, 5.74) is 0. The number of thiol groups is 1. The fourth-order valence-electron chi connectivity index (χ4n) is 0. The zero-order valence-electron chi connectivity index (χ0n) is 3.27. The molecule has 0 atom stereocenters. The van der Waals surface area contributed by atoms with Crippen LogP contribution in [0.2, 0.25) is 0 Å². The maximum atomic E-state index is 3.92. The van der Waals surface area contributed by atoms with Crippen LogP contribution in [0, 0.1) is 0 Å². The van der Waals surface area contributed by atoms with E-state index in [0.717, 1.165) is 5.75 Å². The molecule has 0 aromatic rings. The molecule has 0 unspecified atom stereocenters. The summed E-state index contributed by atoms with van der Waals surface area (Å²) in [5.74, 6) is 1.01. The second kappa shape index (κ2) is 8.82. The van der Waals surface area contributed by atoms with Gasteiger partial charge >= 0.3 is 0 Å². The lowest BCUT2D eigenvalue weighted by Gasteiger charge is -1.67. The van der Waals surface area contributed by atoms with Gasteiger partial charge in [0.15, 0.2) is 0 Å². The first kappa shape index (κ1) is 9.16. The first-order valence-electron chi connectivity index (χ1n) is 1.52. The second-order valence-corrected chi connectivity index (χ2v) is 1.17. The molecule has 0 aromatic heterocycles. The van der Waals surface area contributed by atoms with E-state index in [1.165, 1.54) is 6.42 Å². The van der Waals surface area contributed by atoms with Gasteiger partial charge in [0.2, 0.25) is 0 Å². The normalized spacial score (nSPS) is 6.00. The van der Waals surface area contributed by atoms with Gasteiger partial charge in [-0.05, 0) is 12.2 Å². The van der Waals surface area contributed by atoms with Crippen LogP contribution in [0.5, 0.6) is 0 Å². The van der Waals surface area contributed by atoms with Crippen molar-refractivity contribution in [3.63, 3.8) is 0 Å². The van der Waals surface area contributed by atoms with Crippen LogP contribution >= 0.6 is 25.0 Å². The summed E-state index contributed by atoms with van der Waals surface area (Å²) in [6.07, 6.45) is 1.18. The summed E-state index contributed by atoms with van der Waals surface area (Å²) in [5, 5.41) is 0. The minimum absolute atomic E-state index is 0. The molecule has 0 aliphatic rings. The van der Waals surface area contributed by atoms with Gasteiger partial charge in [0.1, 0.15) is 0 Å². The van der Waals surface area contributed by atoms with Gasteiger partial charge in [0.05, 0.1) is 0 Å². The van der Waals surface area contributed by atoms with Gasteiger partial charge in [0.25, 0.3) is 0 Å². The van der Waals surface area contributed by atoms with Crippen molar-refractivity contribution in [1.29, 1.82) is 0 Å². The number of hydrogen-bond donors (Lipinski definition) is 1. The maximum Gasteiger partial charge on any atom is -0.0101 e. The summed E-state index contributed by atoms with van der Waals surface area (Å²) >= 11 is 3.92. The third-order valence-corrected chi connectivity index (χ3v) is 0.671. The topological polar surface area (TPSA) is 0 Å². The smallest absolute Gasteiger partial charge is 0.0101 e. The molecular weight excluding hydrogens is 104 g/mol. The van der Waals surface area contributed by atoms with E-state index < -0.39 is 0 Å². The molecule has 0 aliphatic carbocycles. The molecule has 0 spiro atoms. The molecule has 0 heterocycles. The average molecular weight is 113 g/mol. The van der Waals surface area contributed by atoms with Crippen LogP contribution in [0.1, 0.15) is 13.3 Å². The van der Waals surface area contributed by atoms with E-state index >= 15 is 0 Å². The van der Waals surface area contributed by atoms with E-state index in [0.29, 0.717) is 0 Å². The molecule has 0 N–H and O–H groups in total. The molecule has 0 nitrogen and oxygen atoms in total. The Balaban J connectivity index is 0. The van der Waals surface area contributed by atoms with Crippen molar-refractivity contribution in [3.8, 4) is 0 Å². The lowest BCUT2D eigenvalue weighted by atomic mass is 10.6. The monoisotopic (exact) mass is 112 g/mol. The maximum absolute atomic E-state index is 3.92. The van der Waals surface area contributed by atoms with E-state index in [2.05, 4.69) is 19.6 Å². The largest absolute Gasteiger partial charge is 0.179 e. The van der Waals surface area contributed by atoms with Crippen LogP contribution in [0.4, 0.5) is 0 Å². The number of hydrogen-bond acceptors (Lipinski definition) is 1. The van der Waals surface area contributed by atoms with Crippen molar-refractivity contribution in [2.75, 3.05) is 5.75 Å². The molecule has 0 bridgehead atoms. The van der Waals surface area contributed by atoms with Crippen LogP contribution in [-0.4, -0.2) is 5.75 Å². The highest BCUT2D eigenvalue weighted by atomic mass is 35.5. The number of halogens is 1. The van der Waals surface area contributed by atoms with Gasteiger partial charge in [-0.3, -0.25) is 0 Å². The van der Waals surface area contributed by atoms with Crippen molar-refractivity contribution >= 4 is 25.0 Å². The zero-order chi connectivity index (χ0) is 3.41. The molecule has 0 amide bonds. The Bertz CT molecular complexity index is 8.85. The summed E-state index contributed by atoms with van der Waals surface area (Å²) < 4.78 is 0. The molecule has 0 rings (SSSR count). The molecule has 0 aromatic carbocycles. The highest BCUT2D eigenvalue weighted by Gasteiger charge is 1.57. The first-order valence-corrected chi connectivity index (χ1v) is 2.16. The highest BCUT2D eigenvalue weighted by molar-refractivity contribution is 7.80. The standard InChI is InChI=1S/C3H8S.ClH/c1-2-3-4;/h4H,2-3H2,1H3;1H. The predicted octanol–water partition coefficient (Wildman–Crippen LogP) is 1.75. The van der Waals surface area contributed by atoms with E-state index in [1.807, 2.05) is 0 Å². The van der Waals surface area contributed by atoms with Crippen LogP contribution in [0.3, 0.4) is 0 Å². The third-order valence-electron chi connectivity index (χ3n) is 0.224. The van der Waals surface area contributed by atoms with Crippen LogP contribution < -0.4 is 0 Å². The van der Waals surface area contributed by atoms with Crippen LogP contribution in [0.25, 0.3) is 0 Å². The molecule has 0 fully saturated rings. The molecular formula is C3H9ClS. The predicted molar refractivity (Wildman–Crippen MR) is 31.4 cm³/mol. The van der Waals surface area contributed by atoms with Gasteiger partial charge in [-0.15, -0.1) is 12.4 Å². The van der Waals surface area contributed by atoms with Crippen molar-refractivity contribution in [2.45, 2.75) is 13.3 Å². The Labute approximate surface area is 44.8 Å². The van der Waals surface area contributed by atoms with Crippen LogP contribution in [-0.2, 0) is 0 Å². The molecule has 34 valence electrons. The zero-order valence-corrected chi connectivity index (χ0v) is 4.98. The van der Waals surface area contributed by atoms with Gasteiger partial charge in [-0.2, -0.15) is 12.6 Å². The summed E-state index contributed by atoms with van der Waals surface area (Å²) in [6, 6.07) is 0. The Hall–Kier alpha value is 0.640. The van der Waals surface area contributed by atoms with Gasteiger partial charge in [0, 0.05) is 0 Å². The van der Waals surface area contributed by atoms with Crippen molar-refractivity contribution in [2.24, 2.45) is 0 Å². The fraction of sp³-hybridized carbons (Fsp3) is 1.00. The Morgan fingerprint density at radius 3 is 1.80 bits per heavy atom. The molecule has 0 radical (unpaired) electrons. The summed E-state index contributed by atoms with van der Waals surface area (Å²) in [7, 11) is 0. The van der Waals surface area contributed by atoms with Gasteiger partial charge < -0.3 is 0 Å². The first-order chi connectivity index (χ1) is 1.91. The van der Waals surface area contributed by atoms with E-state index in [9.17, 15) is 0 Å². The summed E-state index contributed by atoms with van der Waals surface area (Å²) in [6.45, 7) is 2.10. The van der Waals surface area contributed by atoms with Crippen LogP contribution in [0.15, 0.2) is 0 Å². The van der Waals surface area contributed by atoms with Gasteiger partial charge in [-0.25, -0.2) is 0 Å². The second-order valence-electron chi connectivity index (χ2n) is 0.724. The lowest BCUT2D eigenvalue weighted by Crippen LogP contribution is -1.56. The minimum atomic E-state index is 0. The third kappa shape index (κ3) is 12.0. The lowest BCUT2D eigenvalue weighted by molar-refractivity contribution is 1.11. The molecule has 0 saturated carbocycles. The van der Waals surface area contributed by atoms with Crippen molar-refractivity contribution < 1.29 is 0 Å². The van der Waals surface area contributed by atoms with E-state index in [4.69, 9.17) is 0 Å². The Morgan fingerprint density at radius 2 is 1.80 bits per heavy atom.